The zero-order chi connectivity index (χ0) is 12.2. The monoisotopic (exact) mass is 251 g/mol. The van der Waals surface area contributed by atoms with E-state index < -0.39 is 21.8 Å². The fourth-order valence-electron chi connectivity index (χ4n) is 0.946. The highest BCUT2D eigenvalue weighted by molar-refractivity contribution is 7.90. The highest BCUT2D eigenvalue weighted by Crippen LogP contribution is 2.15. The number of hydrogen-bond acceptors (Lipinski definition) is 3. The molecule has 0 amide bonds. The van der Waals surface area contributed by atoms with Crippen molar-refractivity contribution in [1.82, 2.24) is 4.72 Å². The Hall–Kier alpha value is -1.25. The highest BCUT2D eigenvalue weighted by Gasteiger charge is 2.12. The molecule has 0 bridgehead atoms. The molecule has 0 spiro atoms. The minimum atomic E-state index is -3.87. The fourth-order valence-corrected chi connectivity index (χ4v) is 1.86. The molecule has 0 atom stereocenters. The number of rotatable bonds is 5. The Morgan fingerprint density at radius 1 is 1.31 bits per heavy atom. The van der Waals surface area contributed by atoms with E-state index in [-0.39, 0.29) is 18.8 Å². The number of nitrogens with one attached hydrogen (secondary N) is 2. The molecule has 8 heteroatoms. The Labute approximate surface area is 91.8 Å². The number of hydrogen-bond donors (Lipinski definition) is 3. The van der Waals surface area contributed by atoms with E-state index in [0.717, 1.165) is 12.1 Å². The first kappa shape index (κ1) is 12.8. The molecule has 16 heavy (non-hydrogen) atoms. The molecule has 1 aromatic rings. The van der Waals surface area contributed by atoms with Gasteiger partial charge in [0.2, 0.25) is 0 Å². The Morgan fingerprint density at radius 2 is 2.00 bits per heavy atom. The maximum absolute atomic E-state index is 13.1. The van der Waals surface area contributed by atoms with Crippen LogP contribution in [0.5, 0.6) is 0 Å². The Morgan fingerprint density at radius 3 is 2.56 bits per heavy atom. The smallest absolute Gasteiger partial charge is 0.299 e. The van der Waals surface area contributed by atoms with Crippen LogP contribution in [0.2, 0.25) is 0 Å². The lowest BCUT2D eigenvalue weighted by atomic mass is 10.3. The van der Waals surface area contributed by atoms with E-state index >= 15 is 0 Å². The number of anilines is 1. The SMILES string of the molecule is NCCNS(=O)(=O)Nc1ccc(F)cc1F. The van der Waals surface area contributed by atoms with E-state index in [2.05, 4.69) is 4.72 Å². The van der Waals surface area contributed by atoms with Crippen molar-refractivity contribution in [2.75, 3.05) is 17.8 Å². The predicted octanol–water partition coefficient (Wildman–Crippen LogP) is 0.170. The maximum Gasteiger partial charge on any atom is 0.299 e. The molecule has 4 N–H and O–H groups in total. The molecule has 0 aliphatic rings. The normalized spacial score (nSPS) is 11.4. The van der Waals surface area contributed by atoms with Crippen LogP contribution in [0, 0.1) is 11.6 Å². The van der Waals surface area contributed by atoms with Crippen LogP contribution in [-0.4, -0.2) is 21.5 Å². The van der Waals surface area contributed by atoms with Crippen LogP contribution in [-0.2, 0) is 10.2 Å². The first-order valence-corrected chi connectivity index (χ1v) is 5.85. The summed E-state index contributed by atoms with van der Waals surface area (Å²) in [5, 5.41) is 0. The molecular weight excluding hydrogens is 240 g/mol. The van der Waals surface area contributed by atoms with Crippen molar-refractivity contribution < 1.29 is 17.2 Å². The highest BCUT2D eigenvalue weighted by atomic mass is 32.2. The lowest BCUT2D eigenvalue weighted by molar-refractivity contribution is 0.578. The van der Waals surface area contributed by atoms with Crippen molar-refractivity contribution in [1.29, 1.82) is 0 Å². The molecule has 0 unspecified atom stereocenters. The standard InChI is InChI=1S/C8H11F2N3O2S/c9-6-1-2-8(7(10)5-6)13-16(14,15)12-4-3-11/h1-2,5,12-13H,3-4,11H2. The predicted molar refractivity (Wildman–Crippen MR) is 56.0 cm³/mol. The molecule has 1 aromatic carbocycles. The van der Waals surface area contributed by atoms with Gasteiger partial charge in [0.25, 0.3) is 10.2 Å². The average Bonchev–Trinajstić information content (AvgIpc) is 2.19. The zero-order valence-electron chi connectivity index (χ0n) is 8.20. The van der Waals surface area contributed by atoms with Crippen LogP contribution in [0.15, 0.2) is 18.2 Å². The minimum Gasteiger partial charge on any atom is -0.329 e. The lowest BCUT2D eigenvalue weighted by Gasteiger charge is -2.09. The Bertz CT molecular complexity index is 464. The summed E-state index contributed by atoms with van der Waals surface area (Å²) >= 11 is 0. The lowest BCUT2D eigenvalue weighted by Crippen LogP contribution is -2.34. The van der Waals surface area contributed by atoms with Crippen molar-refractivity contribution >= 4 is 15.9 Å². The third-order valence-corrected chi connectivity index (χ3v) is 2.68. The molecule has 0 fully saturated rings. The van der Waals surface area contributed by atoms with Crippen LogP contribution in [0.25, 0.3) is 0 Å². The van der Waals surface area contributed by atoms with Crippen LogP contribution < -0.4 is 15.2 Å². The molecule has 0 saturated heterocycles. The van der Waals surface area contributed by atoms with Gasteiger partial charge in [0.05, 0.1) is 5.69 Å². The van der Waals surface area contributed by atoms with Crippen molar-refractivity contribution in [3.63, 3.8) is 0 Å². The van der Waals surface area contributed by atoms with Gasteiger partial charge in [-0.15, -0.1) is 0 Å². The number of nitrogens with two attached hydrogens (primary N) is 1. The van der Waals surface area contributed by atoms with E-state index in [0.29, 0.717) is 6.07 Å². The first-order valence-electron chi connectivity index (χ1n) is 4.37. The second kappa shape index (κ2) is 5.19. The molecule has 1 rings (SSSR count). The van der Waals surface area contributed by atoms with E-state index in [1.807, 2.05) is 4.72 Å². The molecule has 0 heterocycles. The van der Waals surface area contributed by atoms with Gasteiger partial charge in [0, 0.05) is 19.2 Å². The molecule has 5 nitrogen and oxygen atoms in total. The van der Waals surface area contributed by atoms with Gasteiger partial charge < -0.3 is 5.73 Å². The molecule has 0 aliphatic heterocycles. The summed E-state index contributed by atoms with van der Waals surface area (Å²) in [5.74, 6) is -1.77. The van der Waals surface area contributed by atoms with Crippen molar-refractivity contribution in [3.8, 4) is 0 Å². The summed E-state index contributed by atoms with van der Waals surface area (Å²) in [4.78, 5) is 0. The fraction of sp³-hybridized carbons (Fsp3) is 0.250. The van der Waals surface area contributed by atoms with Gasteiger partial charge in [-0.3, -0.25) is 4.72 Å². The van der Waals surface area contributed by atoms with Crippen molar-refractivity contribution in [2.24, 2.45) is 5.73 Å². The van der Waals surface area contributed by atoms with Gasteiger partial charge in [0.1, 0.15) is 11.6 Å². The molecule has 0 radical (unpaired) electrons. The topological polar surface area (TPSA) is 84.2 Å². The van der Waals surface area contributed by atoms with Gasteiger partial charge in [-0.25, -0.2) is 8.78 Å². The molecule has 0 saturated carbocycles. The summed E-state index contributed by atoms with van der Waals surface area (Å²) < 4.78 is 52.1. The largest absolute Gasteiger partial charge is 0.329 e. The molecular formula is C8H11F2N3O2S. The summed E-state index contributed by atoms with van der Waals surface area (Å²) in [7, 11) is -3.87. The third kappa shape index (κ3) is 3.72. The van der Waals surface area contributed by atoms with Gasteiger partial charge in [-0.2, -0.15) is 13.1 Å². The first-order chi connectivity index (χ1) is 7.44. The summed E-state index contributed by atoms with van der Waals surface area (Å²) in [6.45, 7) is 0.144. The quantitative estimate of drug-likeness (QED) is 0.697. The van der Waals surface area contributed by atoms with Crippen LogP contribution in [0.1, 0.15) is 0 Å². The summed E-state index contributed by atoms with van der Waals surface area (Å²) in [6.07, 6.45) is 0. The second-order valence-electron chi connectivity index (χ2n) is 2.91. The van der Waals surface area contributed by atoms with Gasteiger partial charge >= 0.3 is 0 Å². The third-order valence-electron chi connectivity index (χ3n) is 1.61. The number of halogens is 2. The second-order valence-corrected chi connectivity index (χ2v) is 4.41. The summed E-state index contributed by atoms with van der Waals surface area (Å²) in [5.41, 5.74) is 4.77. The van der Waals surface area contributed by atoms with Gasteiger partial charge in [0.15, 0.2) is 0 Å². The van der Waals surface area contributed by atoms with Crippen LogP contribution in [0.3, 0.4) is 0 Å². The Balaban J connectivity index is 2.80. The van der Waals surface area contributed by atoms with Gasteiger partial charge in [-0.05, 0) is 12.1 Å². The zero-order valence-corrected chi connectivity index (χ0v) is 9.02. The summed E-state index contributed by atoms with van der Waals surface area (Å²) in [6, 6.07) is 2.52. The minimum absolute atomic E-state index is 0.0259. The van der Waals surface area contributed by atoms with E-state index in [1.54, 1.807) is 0 Å². The van der Waals surface area contributed by atoms with E-state index in [1.165, 1.54) is 0 Å². The van der Waals surface area contributed by atoms with E-state index in [9.17, 15) is 17.2 Å². The van der Waals surface area contributed by atoms with Crippen molar-refractivity contribution in [3.05, 3.63) is 29.8 Å². The Kier molecular flexibility index (Phi) is 4.16. The van der Waals surface area contributed by atoms with Crippen LogP contribution in [0.4, 0.5) is 14.5 Å². The van der Waals surface area contributed by atoms with Crippen LogP contribution >= 0.6 is 0 Å². The van der Waals surface area contributed by atoms with E-state index in [4.69, 9.17) is 5.73 Å². The molecule has 90 valence electrons. The average molecular weight is 251 g/mol. The van der Waals surface area contributed by atoms with Gasteiger partial charge in [-0.1, -0.05) is 0 Å². The number of benzene rings is 1. The maximum atomic E-state index is 13.1. The molecule has 0 aliphatic carbocycles. The van der Waals surface area contributed by atoms with Crippen molar-refractivity contribution in [2.45, 2.75) is 0 Å². The molecule has 0 aromatic heterocycles.